The van der Waals surface area contributed by atoms with E-state index in [1.165, 1.54) is 24.1 Å². The molecule has 1 rings (SSSR count). The summed E-state index contributed by atoms with van der Waals surface area (Å²) in [7, 11) is 1.46. The molecule has 0 spiro atoms. The number of hydrogen-bond acceptors (Lipinski definition) is 3. The lowest BCUT2D eigenvalue weighted by atomic mass is 10.2. The summed E-state index contributed by atoms with van der Waals surface area (Å²) < 4.78 is 0. The van der Waals surface area contributed by atoms with E-state index in [9.17, 15) is 9.59 Å². The Morgan fingerprint density at radius 3 is 2.62 bits per heavy atom. The second kappa shape index (κ2) is 4.85. The molecule has 0 aliphatic carbocycles. The van der Waals surface area contributed by atoms with Crippen molar-refractivity contribution in [3.05, 3.63) is 28.8 Å². The molecule has 0 unspecified atom stereocenters. The SMILES string of the molecule is CN(CC(N)=O)C(=O)c1cc(N)ccc1Cl. The molecule has 0 radical (unpaired) electrons. The van der Waals surface area contributed by atoms with Gasteiger partial charge in [-0.05, 0) is 18.2 Å². The molecule has 0 saturated heterocycles. The zero-order valence-electron chi connectivity index (χ0n) is 8.74. The number of halogens is 1. The molecule has 0 atom stereocenters. The van der Waals surface area contributed by atoms with E-state index in [1.54, 1.807) is 6.07 Å². The van der Waals surface area contributed by atoms with Crippen LogP contribution in [0.2, 0.25) is 5.02 Å². The highest BCUT2D eigenvalue weighted by Crippen LogP contribution is 2.20. The highest BCUT2D eigenvalue weighted by atomic mass is 35.5. The van der Waals surface area contributed by atoms with Crippen molar-refractivity contribution in [1.82, 2.24) is 4.90 Å². The molecule has 0 saturated carbocycles. The van der Waals surface area contributed by atoms with Crippen molar-refractivity contribution in [3.8, 4) is 0 Å². The molecule has 1 aromatic carbocycles. The van der Waals surface area contributed by atoms with E-state index in [1.807, 2.05) is 0 Å². The van der Waals surface area contributed by atoms with E-state index in [0.717, 1.165) is 0 Å². The first-order chi connectivity index (χ1) is 7.41. The maximum Gasteiger partial charge on any atom is 0.255 e. The van der Waals surface area contributed by atoms with Crippen LogP contribution in [0, 0.1) is 0 Å². The van der Waals surface area contributed by atoms with Gasteiger partial charge in [0.15, 0.2) is 0 Å². The Bertz CT molecular complexity index is 434. The molecule has 6 heteroatoms. The molecule has 86 valence electrons. The molecule has 0 aliphatic heterocycles. The van der Waals surface area contributed by atoms with Gasteiger partial charge in [0.1, 0.15) is 0 Å². The number of carbonyl (C=O) groups is 2. The van der Waals surface area contributed by atoms with Crippen LogP contribution in [-0.2, 0) is 4.79 Å². The van der Waals surface area contributed by atoms with Gasteiger partial charge < -0.3 is 16.4 Å². The first-order valence-electron chi connectivity index (χ1n) is 4.50. The molecule has 0 fully saturated rings. The van der Waals surface area contributed by atoms with Gasteiger partial charge in [-0.15, -0.1) is 0 Å². The molecule has 2 amide bonds. The average Bonchev–Trinajstić information content (AvgIpc) is 2.19. The summed E-state index contributed by atoms with van der Waals surface area (Å²) in [5.74, 6) is -0.980. The van der Waals surface area contributed by atoms with Crippen LogP contribution in [0.5, 0.6) is 0 Å². The normalized spacial score (nSPS) is 9.88. The fraction of sp³-hybridized carbons (Fsp3) is 0.200. The Labute approximate surface area is 98.0 Å². The number of carbonyl (C=O) groups excluding carboxylic acids is 2. The van der Waals surface area contributed by atoms with Gasteiger partial charge in [0.25, 0.3) is 5.91 Å². The second-order valence-corrected chi connectivity index (χ2v) is 3.77. The van der Waals surface area contributed by atoms with Crippen LogP contribution in [0.1, 0.15) is 10.4 Å². The molecule has 0 bridgehead atoms. The number of anilines is 1. The number of primary amides is 1. The number of rotatable bonds is 3. The van der Waals surface area contributed by atoms with Gasteiger partial charge in [-0.25, -0.2) is 0 Å². The number of likely N-dealkylation sites (N-methyl/N-ethyl adjacent to an activating group) is 1. The van der Waals surface area contributed by atoms with Crippen molar-refractivity contribution in [2.45, 2.75) is 0 Å². The summed E-state index contributed by atoms with van der Waals surface area (Å²) in [4.78, 5) is 23.7. The monoisotopic (exact) mass is 241 g/mol. The predicted octanol–water partition coefficient (Wildman–Crippen LogP) is 0.480. The molecule has 0 heterocycles. The topological polar surface area (TPSA) is 89.4 Å². The Balaban J connectivity index is 2.95. The zero-order chi connectivity index (χ0) is 12.3. The van der Waals surface area contributed by atoms with Crippen LogP contribution in [0.15, 0.2) is 18.2 Å². The number of hydrogen-bond donors (Lipinski definition) is 2. The van der Waals surface area contributed by atoms with Gasteiger partial charge in [-0.1, -0.05) is 11.6 Å². The zero-order valence-corrected chi connectivity index (χ0v) is 9.49. The molecular formula is C10H12ClN3O2. The molecule has 0 aliphatic rings. The Morgan fingerprint density at radius 1 is 1.44 bits per heavy atom. The van der Waals surface area contributed by atoms with Gasteiger partial charge in [0.05, 0.1) is 17.1 Å². The Kier molecular flexibility index (Phi) is 3.73. The molecule has 4 N–H and O–H groups in total. The molecule has 0 aromatic heterocycles. The lowest BCUT2D eigenvalue weighted by molar-refractivity contribution is -0.118. The molecule has 16 heavy (non-hydrogen) atoms. The number of nitrogens with two attached hydrogens (primary N) is 2. The minimum atomic E-state index is -0.587. The van der Waals surface area contributed by atoms with E-state index in [4.69, 9.17) is 23.1 Å². The van der Waals surface area contributed by atoms with Crippen molar-refractivity contribution in [2.75, 3.05) is 19.3 Å². The van der Waals surface area contributed by atoms with Crippen LogP contribution in [0.3, 0.4) is 0 Å². The van der Waals surface area contributed by atoms with Crippen LogP contribution in [0.4, 0.5) is 5.69 Å². The van der Waals surface area contributed by atoms with Gasteiger partial charge in [-0.3, -0.25) is 9.59 Å². The van der Waals surface area contributed by atoms with Gasteiger partial charge in [0, 0.05) is 12.7 Å². The van der Waals surface area contributed by atoms with E-state index in [0.29, 0.717) is 5.69 Å². The summed E-state index contributed by atoms with van der Waals surface area (Å²) in [6, 6.07) is 4.58. The van der Waals surface area contributed by atoms with Crippen LogP contribution >= 0.6 is 11.6 Å². The first kappa shape index (κ1) is 12.3. The number of nitrogens with zero attached hydrogens (tertiary/aromatic N) is 1. The minimum Gasteiger partial charge on any atom is -0.399 e. The largest absolute Gasteiger partial charge is 0.399 e. The quantitative estimate of drug-likeness (QED) is 0.755. The average molecular weight is 242 g/mol. The lowest BCUT2D eigenvalue weighted by Gasteiger charge is -2.16. The Hall–Kier alpha value is -1.75. The summed E-state index contributed by atoms with van der Waals surface area (Å²) in [6.07, 6.45) is 0. The van der Waals surface area contributed by atoms with E-state index in [-0.39, 0.29) is 17.1 Å². The summed E-state index contributed by atoms with van der Waals surface area (Å²) in [5, 5.41) is 0.288. The number of amides is 2. The van der Waals surface area contributed by atoms with Crippen molar-refractivity contribution in [1.29, 1.82) is 0 Å². The summed E-state index contributed by atoms with van der Waals surface area (Å²) >= 11 is 5.85. The number of benzene rings is 1. The summed E-state index contributed by atoms with van der Waals surface area (Å²) in [6.45, 7) is -0.163. The lowest BCUT2D eigenvalue weighted by Crippen LogP contribution is -2.35. The Morgan fingerprint density at radius 2 is 2.06 bits per heavy atom. The maximum absolute atomic E-state index is 11.8. The fourth-order valence-corrected chi connectivity index (χ4v) is 1.42. The van der Waals surface area contributed by atoms with Crippen LogP contribution in [0.25, 0.3) is 0 Å². The van der Waals surface area contributed by atoms with Crippen LogP contribution < -0.4 is 11.5 Å². The van der Waals surface area contributed by atoms with Crippen molar-refractivity contribution in [2.24, 2.45) is 5.73 Å². The summed E-state index contributed by atoms with van der Waals surface area (Å²) in [5.41, 5.74) is 11.2. The highest BCUT2D eigenvalue weighted by Gasteiger charge is 2.16. The van der Waals surface area contributed by atoms with Crippen molar-refractivity contribution in [3.63, 3.8) is 0 Å². The first-order valence-corrected chi connectivity index (χ1v) is 4.88. The fourth-order valence-electron chi connectivity index (χ4n) is 1.22. The van der Waals surface area contributed by atoms with Gasteiger partial charge in [-0.2, -0.15) is 0 Å². The van der Waals surface area contributed by atoms with E-state index >= 15 is 0 Å². The van der Waals surface area contributed by atoms with Crippen LogP contribution in [-0.4, -0.2) is 30.3 Å². The highest BCUT2D eigenvalue weighted by molar-refractivity contribution is 6.34. The molecular weight excluding hydrogens is 230 g/mol. The van der Waals surface area contributed by atoms with Gasteiger partial charge >= 0.3 is 0 Å². The standard InChI is InChI=1S/C10H12ClN3O2/c1-14(5-9(13)15)10(16)7-4-6(12)2-3-8(7)11/h2-4H,5,12H2,1H3,(H2,13,15). The van der Waals surface area contributed by atoms with Crippen molar-refractivity contribution < 1.29 is 9.59 Å². The second-order valence-electron chi connectivity index (χ2n) is 3.37. The predicted molar refractivity (Wildman–Crippen MR) is 62.0 cm³/mol. The maximum atomic E-state index is 11.8. The number of nitrogen functional groups attached to an aromatic ring is 1. The third kappa shape index (κ3) is 2.87. The third-order valence-electron chi connectivity index (χ3n) is 1.96. The van der Waals surface area contributed by atoms with E-state index in [2.05, 4.69) is 0 Å². The smallest absolute Gasteiger partial charge is 0.255 e. The molecule has 5 nitrogen and oxygen atoms in total. The minimum absolute atomic E-state index is 0.163. The van der Waals surface area contributed by atoms with E-state index < -0.39 is 11.8 Å². The van der Waals surface area contributed by atoms with Gasteiger partial charge in [0.2, 0.25) is 5.91 Å². The van der Waals surface area contributed by atoms with Crippen molar-refractivity contribution >= 4 is 29.1 Å². The molecule has 1 aromatic rings. The third-order valence-corrected chi connectivity index (χ3v) is 2.29.